The Balaban J connectivity index is 2.18. The molecular formula is C14H21Cl2NO2. The molecule has 0 saturated carbocycles. The van der Waals surface area contributed by atoms with Gasteiger partial charge in [-0.05, 0) is 25.1 Å². The molecule has 0 aliphatic carbocycles. The lowest BCUT2D eigenvalue weighted by Gasteiger charge is -2.13. The van der Waals surface area contributed by atoms with Gasteiger partial charge < -0.3 is 15.2 Å². The van der Waals surface area contributed by atoms with Crippen LogP contribution in [0.2, 0.25) is 10.0 Å². The summed E-state index contributed by atoms with van der Waals surface area (Å²) in [6.45, 7) is 3.86. The van der Waals surface area contributed by atoms with E-state index in [1.165, 1.54) is 12.8 Å². The maximum atomic E-state index is 9.74. The highest BCUT2D eigenvalue weighted by atomic mass is 35.5. The Morgan fingerprint density at radius 1 is 1.26 bits per heavy atom. The average molecular weight is 306 g/mol. The van der Waals surface area contributed by atoms with Crippen molar-refractivity contribution in [1.82, 2.24) is 5.32 Å². The normalized spacial score (nSPS) is 12.4. The van der Waals surface area contributed by atoms with Crippen molar-refractivity contribution in [1.29, 1.82) is 0 Å². The van der Waals surface area contributed by atoms with Crippen LogP contribution in [0, 0.1) is 0 Å². The maximum absolute atomic E-state index is 9.74. The fourth-order valence-corrected chi connectivity index (χ4v) is 1.87. The lowest BCUT2D eigenvalue weighted by Crippen LogP contribution is -2.32. The average Bonchev–Trinajstić information content (AvgIpc) is 2.40. The van der Waals surface area contributed by atoms with E-state index in [-0.39, 0.29) is 6.61 Å². The zero-order chi connectivity index (χ0) is 14.1. The van der Waals surface area contributed by atoms with Crippen molar-refractivity contribution in [3.8, 4) is 5.75 Å². The van der Waals surface area contributed by atoms with Gasteiger partial charge in [0, 0.05) is 12.6 Å². The largest absolute Gasteiger partial charge is 0.491 e. The fourth-order valence-electron chi connectivity index (χ4n) is 1.59. The topological polar surface area (TPSA) is 41.5 Å². The number of halogens is 2. The Bertz CT molecular complexity index is 374. The van der Waals surface area contributed by atoms with Crippen LogP contribution in [0.4, 0.5) is 0 Å². The molecule has 0 aromatic heterocycles. The van der Waals surface area contributed by atoms with Crippen LogP contribution in [-0.2, 0) is 0 Å². The summed E-state index contributed by atoms with van der Waals surface area (Å²) in [6, 6.07) is 5.05. The van der Waals surface area contributed by atoms with Gasteiger partial charge >= 0.3 is 0 Å². The van der Waals surface area contributed by atoms with Crippen LogP contribution in [0.5, 0.6) is 5.75 Å². The summed E-state index contributed by atoms with van der Waals surface area (Å²) in [5.41, 5.74) is 0. The Kier molecular flexibility index (Phi) is 8.22. The predicted molar refractivity (Wildman–Crippen MR) is 80.4 cm³/mol. The summed E-state index contributed by atoms with van der Waals surface area (Å²) in [4.78, 5) is 0. The SMILES string of the molecule is CCCCCNCC(O)COc1ccc(Cl)c(Cl)c1. The second kappa shape index (κ2) is 9.43. The zero-order valence-electron chi connectivity index (χ0n) is 11.2. The van der Waals surface area contributed by atoms with Crippen LogP contribution in [0.25, 0.3) is 0 Å². The Morgan fingerprint density at radius 3 is 2.74 bits per heavy atom. The molecule has 19 heavy (non-hydrogen) atoms. The van der Waals surface area contributed by atoms with Gasteiger partial charge in [0.25, 0.3) is 0 Å². The van der Waals surface area contributed by atoms with Crippen molar-refractivity contribution in [2.75, 3.05) is 19.7 Å². The quantitative estimate of drug-likeness (QED) is 0.686. The van der Waals surface area contributed by atoms with Crippen LogP contribution in [0.1, 0.15) is 26.2 Å². The van der Waals surface area contributed by atoms with E-state index in [2.05, 4.69) is 12.2 Å². The summed E-state index contributed by atoms with van der Waals surface area (Å²) in [6.07, 6.45) is 3.01. The summed E-state index contributed by atoms with van der Waals surface area (Å²) < 4.78 is 5.45. The number of nitrogens with one attached hydrogen (secondary N) is 1. The first-order valence-electron chi connectivity index (χ1n) is 6.60. The number of rotatable bonds is 9. The Morgan fingerprint density at radius 2 is 2.05 bits per heavy atom. The van der Waals surface area contributed by atoms with E-state index in [4.69, 9.17) is 27.9 Å². The lowest BCUT2D eigenvalue weighted by atomic mass is 10.2. The molecule has 1 rings (SSSR count). The predicted octanol–water partition coefficient (Wildman–Crippen LogP) is 3.51. The van der Waals surface area contributed by atoms with Crippen molar-refractivity contribution in [2.24, 2.45) is 0 Å². The van der Waals surface area contributed by atoms with E-state index in [1.807, 2.05) is 0 Å². The molecule has 0 fully saturated rings. The molecule has 1 unspecified atom stereocenters. The molecule has 5 heteroatoms. The highest BCUT2D eigenvalue weighted by Gasteiger charge is 2.06. The molecule has 108 valence electrons. The van der Waals surface area contributed by atoms with Crippen molar-refractivity contribution < 1.29 is 9.84 Å². The molecule has 0 amide bonds. The molecule has 0 spiro atoms. The highest BCUT2D eigenvalue weighted by Crippen LogP contribution is 2.26. The van der Waals surface area contributed by atoms with Gasteiger partial charge in [-0.15, -0.1) is 0 Å². The van der Waals surface area contributed by atoms with Crippen LogP contribution < -0.4 is 10.1 Å². The summed E-state index contributed by atoms with van der Waals surface area (Å²) in [7, 11) is 0. The first kappa shape index (κ1) is 16.6. The zero-order valence-corrected chi connectivity index (χ0v) is 12.7. The number of benzene rings is 1. The Hall–Kier alpha value is -0.480. The van der Waals surface area contributed by atoms with Gasteiger partial charge in [-0.2, -0.15) is 0 Å². The van der Waals surface area contributed by atoms with E-state index in [0.29, 0.717) is 22.3 Å². The number of hydrogen-bond donors (Lipinski definition) is 2. The van der Waals surface area contributed by atoms with Gasteiger partial charge in [-0.1, -0.05) is 43.0 Å². The van der Waals surface area contributed by atoms with E-state index < -0.39 is 6.10 Å². The minimum absolute atomic E-state index is 0.235. The number of unbranched alkanes of at least 4 members (excludes halogenated alkanes) is 2. The summed E-state index contributed by atoms with van der Waals surface area (Å²) in [5, 5.41) is 13.9. The van der Waals surface area contributed by atoms with E-state index >= 15 is 0 Å². The van der Waals surface area contributed by atoms with Crippen molar-refractivity contribution in [3.05, 3.63) is 28.2 Å². The van der Waals surface area contributed by atoms with Gasteiger partial charge in [0.1, 0.15) is 18.5 Å². The third-order valence-corrected chi connectivity index (χ3v) is 3.41. The van der Waals surface area contributed by atoms with Gasteiger partial charge in [-0.25, -0.2) is 0 Å². The molecule has 1 aromatic carbocycles. The highest BCUT2D eigenvalue weighted by molar-refractivity contribution is 6.42. The van der Waals surface area contributed by atoms with E-state index in [1.54, 1.807) is 18.2 Å². The van der Waals surface area contributed by atoms with E-state index in [0.717, 1.165) is 13.0 Å². The van der Waals surface area contributed by atoms with Crippen molar-refractivity contribution in [2.45, 2.75) is 32.3 Å². The molecule has 2 N–H and O–H groups in total. The smallest absolute Gasteiger partial charge is 0.121 e. The number of hydrogen-bond acceptors (Lipinski definition) is 3. The minimum Gasteiger partial charge on any atom is -0.491 e. The number of ether oxygens (including phenoxy) is 1. The van der Waals surface area contributed by atoms with E-state index in [9.17, 15) is 5.11 Å². The molecule has 0 heterocycles. The Labute approximate surface area is 124 Å². The van der Waals surface area contributed by atoms with Gasteiger partial charge in [0.15, 0.2) is 0 Å². The molecule has 0 aliphatic heterocycles. The monoisotopic (exact) mass is 305 g/mol. The molecule has 1 atom stereocenters. The molecule has 0 radical (unpaired) electrons. The van der Waals surface area contributed by atoms with Gasteiger partial charge in [0.2, 0.25) is 0 Å². The second-order valence-corrected chi connectivity index (χ2v) is 5.27. The third-order valence-electron chi connectivity index (χ3n) is 2.67. The first-order valence-corrected chi connectivity index (χ1v) is 7.35. The van der Waals surface area contributed by atoms with Crippen molar-refractivity contribution in [3.63, 3.8) is 0 Å². The molecule has 0 aliphatic rings. The standard InChI is InChI=1S/C14H21Cl2NO2/c1-2-3-4-7-17-9-11(18)10-19-12-5-6-13(15)14(16)8-12/h5-6,8,11,17-18H,2-4,7,9-10H2,1H3. The minimum atomic E-state index is -0.531. The van der Waals surface area contributed by atoms with Gasteiger partial charge in [-0.3, -0.25) is 0 Å². The summed E-state index contributed by atoms with van der Waals surface area (Å²) >= 11 is 11.7. The molecule has 0 saturated heterocycles. The van der Waals surface area contributed by atoms with Crippen LogP contribution in [0.3, 0.4) is 0 Å². The van der Waals surface area contributed by atoms with Crippen LogP contribution in [0.15, 0.2) is 18.2 Å². The fraction of sp³-hybridized carbons (Fsp3) is 0.571. The van der Waals surface area contributed by atoms with Gasteiger partial charge in [0.05, 0.1) is 10.0 Å². The molecule has 3 nitrogen and oxygen atoms in total. The molecular weight excluding hydrogens is 285 g/mol. The number of aliphatic hydroxyl groups excluding tert-OH is 1. The molecule has 1 aromatic rings. The first-order chi connectivity index (χ1) is 9.13. The molecule has 0 bridgehead atoms. The van der Waals surface area contributed by atoms with Crippen molar-refractivity contribution >= 4 is 23.2 Å². The summed E-state index contributed by atoms with van der Waals surface area (Å²) in [5.74, 6) is 0.611. The number of aliphatic hydroxyl groups is 1. The third kappa shape index (κ3) is 7.02. The van der Waals surface area contributed by atoms with Crippen LogP contribution in [-0.4, -0.2) is 30.9 Å². The second-order valence-electron chi connectivity index (χ2n) is 4.45. The lowest BCUT2D eigenvalue weighted by molar-refractivity contribution is 0.106. The van der Waals surface area contributed by atoms with Crippen LogP contribution >= 0.6 is 23.2 Å². The maximum Gasteiger partial charge on any atom is 0.121 e.